The molecule has 0 aliphatic rings. The average Bonchev–Trinajstić information content (AvgIpc) is 2.92. The second-order valence-corrected chi connectivity index (χ2v) is 12.8. The van der Waals surface area contributed by atoms with Crippen LogP contribution in [0.2, 0.25) is 0 Å². The van der Waals surface area contributed by atoms with Gasteiger partial charge in [0.2, 0.25) is 0 Å². The van der Waals surface area contributed by atoms with Crippen molar-refractivity contribution in [1.82, 2.24) is 0 Å². The zero-order valence-electron chi connectivity index (χ0n) is 26.6. The molecule has 0 fully saturated rings. The van der Waals surface area contributed by atoms with Gasteiger partial charge < -0.3 is 14.6 Å². The predicted molar refractivity (Wildman–Crippen MR) is 174 cm³/mol. The van der Waals surface area contributed by atoms with Gasteiger partial charge in [-0.3, -0.25) is 0 Å². The highest BCUT2D eigenvalue weighted by Gasteiger charge is 2.28. The summed E-state index contributed by atoms with van der Waals surface area (Å²) in [5.74, 6) is 2.24. The number of hydrogen-bond donors (Lipinski definition) is 1. The molecule has 41 heavy (non-hydrogen) atoms. The number of para-hydroxylation sites is 2. The Kier molecular flexibility index (Phi) is 12.6. The number of benzene rings is 3. The summed E-state index contributed by atoms with van der Waals surface area (Å²) in [5, 5.41) is 11.0. The third-order valence-electron chi connectivity index (χ3n) is 7.78. The molecule has 3 nitrogen and oxygen atoms in total. The van der Waals surface area contributed by atoms with Gasteiger partial charge in [-0.1, -0.05) is 101 Å². The first kappa shape index (κ1) is 32.6. The van der Waals surface area contributed by atoms with Crippen LogP contribution in [0.4, 0.5) is 0 Å². The summed E-state index contributed by atoms with van der Waals surface area (Å²) in [7, 11) is 0. The topological polar surface area (TPSA) is 38.7 Å². The van der Waals surface area contributed by atoms with Gasteiger partial charge in [0.15, 0.2) is 0 Å². The summed E-state index contributed by atoms with van der Waals surface area (Å²) >= 11 is 0. The molecule has 0 radical (unpaired) electrons. The maximum absolute atomic E-state index is 11.0. The Hall–Kier alpha value is -2.94. The van der Waals surface area contributed by atoms with Gasteiger partial charge in [-0.2, -0.15) is 0 Å². The van der Waals surface area contributed by atoms with Crippen LogP contribution in [0.15, 0.2) is 66.7 Å². The van der Waals surface area contributed by atoms with Crippen LogP contribution < -0.4 is 9.47 Å². The SMILES string of the molecule is CCCCCCc1ccccc1OC(C)(C)Cc1cccc(O)c1CC(C)(C)Oc1ccccc1CCCCCC. The third-order valence-corrected chi connectivity index (χ3v) is 7.78. The van der Waals surface area contributed by atoms with E-state index in [0.717, 1.165) is 35.5 Å². The second-order valence-electron chi connectivity index (χ2n) is 12.8. The molecule has 0 saturated heterocycles. The van der Waals surface area contributed by atoms with Gasteiger partial charge in [0.1, 0.15) is 28.5 Å². The molecule has 3 rings (SSSR count). The van der Waals surface area contributed by atoms with Crippen molar-refractivity contribution in [3.05, 3.63) is 89.0 Å². The Morgan fingerprint density at radius 2 is 1.00 bits per heavy atom. The Morgan fingerprint density at radius 1 is 0.537 bits per heavy atom. The van der Waals surface area contributed by atoms with Crippen molar-refractivity contribution in [3.8, 4) is 17.2 Å². The first-order valence-electron chi connectivity index (χ1n) is 16.0. The normalized spacial score (nSPS) is 12.0. The molecule has 0 saturated carbocycles. The van der Waals surface area contributed by atoms with E-state index in [2.05, 4.69) is 90.1 Å². The number of phenolic OH excluding ortho intramolecular Hbond substituents is 1. The van der Waals surface area contributed by atoms with E-state index in [1.54, 1.807) is 6.07 Å². The van der Waals surface area contributed by atoms with Crippen molar-refractivity contribution in [2.45, 2.75) is 130 Å². The third kappa shape index (κ3) is 10.8. The van der Waals surface area contributed by atoms with Crippen molar-refractivity contribution in [3.63, 3.8) is 0 Å². The van der Waals surface area contributed by atoms with Crippen LogP contribution in [-0.2, 0) is 25.7 Å². The minimum atomic E-state index is -0.497. The number of aromatic hydroxyl groups is 1. The number of hydrogen-bond acceptors (Lipinski definition) is 3. The lowest BCUT2D eigenvalue weighted by molar-refractivity contribution is 0.101. The minimum Gasteiger partial charge on any atom is -0.508 e. The Bertz CT molecular complexity index is 1190. The van der Waals surface area contributed by atoms with Gasteiger partial charge in [0, 0.05) is 18.4 Å². The zero-order chi connectivity index (χ0) is 29.7. The molecule has 0 unspecified atom stereocenters. The molecule has 3 heteroatoms. The van der Waals surface area contributed by atoms with Crippen molar-refractivity contribution < 1.29 is 14.6 Å². The predicted octanol–water partition coefficient (Wildman–Crippen LogP) is 10.4. The minimum absolute atomic E-state index is 0.319. The molecule has 0 heterocycles. The standard InChI is InChI=1S/C38H54O3/c1-7-9-11-13-20-30-22-15-17-26-35(30)40-37(3,4)28-32-24-19-25-34(39)33(32)29-38(5,6)41-36-27-18-16-23-31(36)21-14-12-10-8-2/h15-19,22-27,39H,7-14,20-21,28-29H2,1-6H3. The molecule has 224 valence electrons. The smallest absolute Gasteiger partial charge is 0.123 e. The lowest BCUT2D eigenvalue weighted by Crippen LogP contribution is -2.34. The van der Waals surface area contributed by atoms with Crippen LogP contribution in [0.25, 0.3) is 0 Å². The molecule has 0 amide bonds. The fourth-order valence-corrected chi connectivity index (χ4v) is 5.65. The van der Waals surface area contributed by atoms with E-state index in [-0.39, 0.29) is 0 Å². The molecule has 0 aliphatic heterocycles. The summed E-state index contributed by atoms with van der Waals surface area (Å²) in [4.78, 5) is 0. The number of ether oxygens (including phenoxy) is 2. The second kappa shape index (κ2) is 15.9. The van der Waals surface area contributed by atoms with E-state index in [0.29, 0.717) is 18.6 Å². The van der Waals surface area contributed by atoms with Crippen molar-refractivity contribution in [1.29, 1.82) is 0 Å². The quantitative estimate of drug-likeness (QED) is 0.158. The zero-order valence-corrected chi connectivity index (χ0v) is 26.6. The van der Waals surface area contributed by atoms with E-state index < -0.39 is 11.2 Å². The first-order chi connectivity index (χ1) is 19.6. The van der Waals surface area contributed by atoms with Crippen LogP contribution >= 0.6 is 0 Å². The highest BCUT2D eigenvalue weighted by atomic mass is 16.5. The molecular formula is C38H54O3. The van der Waals surface area contributed by atoms with E-state index in [1.807, 2.05) is 12.1 Å². The Morgan fingerprint density at radius 3 is 1.51 bits per heavy atom. The van der Waals surface area contributed by atoms with Gasteiger partial charge >= 0.3 is 0 Å². The summed E-state index contributed by atoms with van der Waals surface area (Å²) < 4.78 is 13.3. The number of unbranched alkanes of at least 4 members (excludes halogenated alkanes) is 6. The molecule has 1 N–H and O–H groups in total. The van der Waals surface area contributed by atoms with Gasteiger partial charge in [-0.15, -0.1) is 0 Å². The van der Waals surface area contributed by atoms with E-state index in [9.17, 15) is 5.11 Å². The monoisotopic (exact) mass is 558 g/mol. The van der Waals surface area contributed by atoms with Crippen LogP contribution in [-0.4, -0.2) is 16.3 Å². The molecule has 3 aromatic rings. The lowest BCUT2D eigenvalue weighted by Gasteiger charge is -2.32. The molecule has 0 atom stereocenters. The van der Waals surface area contributed by atoms with Gasteiger partial charge in [0.25, 0.3) is 0 Å². The molecule has 0 spiro atoms. The van der Waals surface area contributed by atoms with Gasteiger partial charge in [-0.05, 0) is 88.3 Å². The van der Waals surface area contributed by atoms with Crippen molar-refractivity contribution >= 4 is 0 Å². The summed E-state index contributed by atoms with van der Waals surface area (Å²) in [6.07, 6.45) is 13.2. The fraction of sp³-hybridized carbons (Fsp3) is 0.526. The summed E-state index contributed by atoms with van der Waals surface area (Å²) in [5.41, 5.74) is 3.62. The maximum atomic E-state index is 11.0. The van der Waals surface area contributed by atoms with Crippen molar-refractivity contribution in [2.24, 2.45) is 0 Å². The molecular weight excluding hydrogens is 504 g/mol. The number of rotatable bonds is 18. The van der Waals surface area contributed by atoms with Crippen LogP contribution in [0.5, 0.6) is 17.2 Å². The van der Waals surface area contributed by atoms with Gasteiger partial charge in [0.05, 0.1) is 0 Å². The van der Waals surface area contributed by atoms with Crippen molar-refractivity contribution in [2.75, 3.05) is 0 Å². The number of phenols is 1. The van der Waals surface area contributed by atoms with E-state index in [4.69, 9.17) is 9.47 Å². The number of aryl methyl sites for hydroxylation is 2. The Labute approximate surface area is 250 Å². The summed E-state index contributed by atoms with van der Waals surface area (Å²) in [6, 6.07) is 22.7. The fourth-order valence-electron chi connectivity index (χ4n) is 5.65. The largest absolute Gasteiger partial charge is 0.508 e. The lowest BCUT2D eigenvalue weighted by atomic mass is 9.88. The first-order valence-corrected chi connectivity index (χ1v) is 16.0. The molecule has 0 bridgehead atoms. The molecule has 3 aromatic carbocycles. The molecule has 0 aromatic heterocycles. The highest BCUT2D eigenvalue weighted by molar-refractivity contribution is 5.42. The van der Waals surface area contributed by atoms with E-state index in [1.165, 1.54) is 62.5 Å². The average molecular weight is 559 g/mol. The molecule has 0 aliphatic carbocycles. The van der Waals surface area contributed by atoms with E-state index >= 15 is 0 Å². The highest BCUT2D eigenvalue weighted by Crippen LogP contribution is 2.34. The Balaban J connectivity index is 1.74. The van der Waals surface area contributed by atoms with Crippen LogP contribution in [0, 0.1) is 0 Å². The van der Waals surface area contributed by atoms with Gasteiger partial charge in [-0.25, -0.2) is 0 Å². The van der Waals surface area contributed by atoms with Crippen LogP contribution in [0.3, 0.4) is 0 Å². The van der Waals surface area contributed by atoms with Crippen LogP contribution in [0.1, 0.15) is 115 Å². The maximum Gasteiger partial charge on any atom is 0.123 e. The summed E-state index contributed by atoms with van der Waals surface area (Å²) in [6.45, 7) is 13.0.